The van der Waals surface area contributed by atoms with Crippen LogP contribution in [0.15, 0.2) is 47.1 Å². The van der Waals surface area contributed by atoms with Gasteiger partial charge in [0.25, 0.3) is 12.1 Å². The van der Waals surface area contributed by atoms with Gasteiger partial charge < -0.3 is 10.5 Å². The molecule has 0 unspecified atom stereocenters. The van der Waals surface area contributed by atoms with E-state index in [2.05, 4.69) is 10.6 Å². The molecular formula is C21H21N6O3S+. The van der Waals surface area contributed by atoms with Gasteiger partial charge in [-0.25, -0.2) is 4.98 Å². The fraction of sp³-hybridized carbons (Fsp3) is 0.238. The molecule has 158 valence electrons. The van der Waals surface area contributed by atoms with Crippen LogP contribution < -0.4 is 20.9 Å². The standard InChI is InChI=1S/C21H20N6O3S/c1-13-11-15-17(22)19(31-21(15)24-18(13)14-5-3-2-4-6-14)20(28)23-16-12-27(25-30-16)26-7-9-29-10-8-26/h2-6,11-12H,7-10H2,1H3,(H2-,22,23,25,28)/p+1. The van der Waals surface area contributed by atoms with E-state index in [1.807, 2.05) is 48.3 Å². The van der Waals surface area contributed by atoms with E-state index in [1.54, 1.807) is 11.0 Å². The maximum absolute atomic E-state index is 12.9. The highest BCUT2D eigenvalue weighted by molar-refractivity contribution is 7.21. The predicted molar refractivity (Wildman–Crippen MR) is 118 cm³/mol. The summed E-state index contributed by atoms with van der Waals surface area (Å²) in [7, 11) is 0. The van der Waals surface area contributed by atoms with Crippen LogP contribution in [0.3, 0.4) is 0 Å². The number of hydrogen-bond donors (Lipinski definition) is 2. The first-order chi connectivity index (χ1) is 15.1. The number of nitrogen functional groups attached to an aromatic ring is 1. The third kappa shape index (κ3) is 3.71. The van der Waals surface area contributed by atoms with Gasteiger partial charge in [0.2, 0.25) is 5.27 Å². The van der Waals surface area contributed by atoms with Crippen LogP contribution in [0.25, 0.3) is 21.5 Å². The van der Waals surface area contributed by atoms with E-state index >= 15 is 0 Å². The molecular weight excluding hydrogens is 416 g/mol. The summed E-state index contributed by atoms with van der Waals surface area (Å²) in [6.45, 7) is 4.63. The van der Waals surface area contributed by atoms with Crippen molar-refractivity contribution < 1.29 is 18.8 Å². The Morgan fingerprint density at radius 2 is 2.03 bits per heavy atom. The van der Waals surface area contributed by atoms with Crippen LogP contribution in [0.2, 0.25) is 0 Å². The van der Waals surface area contributed by atoms with Crippen LogP contribution in [0, 0.1) is 6.92 Å². The highest BCUT2D eigenvalue weighted by Gasteiger charge is 2.25. The maximum Gasteiger partial charge on any atom is 0.306 e. The summed E-state index contributed by atoms with van der Waals surface area (Å²) < 4.78 is 10.6. The van der Waals surface area contributed by atoms with Gasteiger partial charge in [0, 0.05) is 10.9 Å². The highest BCUT2D eigenvalue weighted by atomic mass is 32.1. The molecule has 3 N–H and O–H groups in total. The number of ether oxygens (including phenoxy) is 1. The van der Waals surface area contributed by atoms with Gasteiger partial charge in [-0.3, -0.25) is 14.6 Å². The summed E-state index contributed by atoms with van der Waals surface area (Å²) in [5.74, 6) is -0.118. The number of carbonyl (C=O) groups excluding carboxylic acids is 1. The quantitative estimate of drug-likeness (QED) is 0.472. The second kappa shape index (κ2) is 7.97. The minimum Gasteiger partial charge on any atom is -0.397 e. The number of thiophene rings is 1. The summed E-state index contributed by atoms with van der Waals surface area (Å²) in [4.78, 5) is 20.4. The number of hydrogen-bond acceptors (Lipinski definition) is 8. The minimum absolute atomic E-state index is 0.238. The summed E-state index contributed by atoms with van der Waals surface area (Å²) >= 11 is 1.26. The minimum atomic E-state index is -0.357. The van der Waals surface area contributed by atoms with Gasteiger partial charge in [0.15, 0.2) is 0 Å². The Hall–Kier alpha value is -3.50. The van der Waals surface area contributed by atoms with Crippen LogP contribution in [0.1, 0.15) is 15.2 Å². The molecule has 3 aromatic heterocycles. The number of amides is 1. The number of carbonyl (C=O) groups is 1. The lowest BCUT2D eigenvalue weighted by atomic mass is 10.1. The average Bonchev–Trinajstić information content (AvgIpc) is 3.39. The Morgan fingerprint density at radius 3 is 2.81 bits per heavy atom. The molecule has 0 aliphatic carbocycles. The van der Waals surface area contributed by atoms with E-state index in [4.69, 9.17) is 20.0 Å². The second-order valence-electron chi connectivity index (χ2n) is 7.22. The molecule has 0 radical (unpaired) electrons. The number of rotatable bonds is 4. The smallest absolute Gasteiger partial charge is 0.306 e. The number of nitrogens with one attached hydrogen (secondary N) is 1. The average molecular weight is 438 g/mol. The number of morpholine rings is 1. The number of nitrogens with zero attached hydrogens (tertiary/aromatic N) is 4. The van der Waals surface area contributed by atoms with Crippen LogP contribution in [-0.2, 0) is 4.74 Å². The van der Waals surface area contributed by atoms with Crippen molar-refractivity contribution in [3.8, 4) is 11.3 Å². The number of anilines is 2. The van der Waals surface area contributed by atoms with Crippen LogP contribution in [-0.4, -0.2) is 42.5 Å². The number of aromatic nitrogens is 3. The van der Waals surface area contributed by atoms with Gasteiger partial charge >= 0.3 is 5.88 Å². The SMILES string of the molecule is Cc1cc2c(N)c(C(=O)Nc3c[n+](N4CCOCC4)no3)sc2nc1-c1ccccc1. The Bertz CT molecular complexity index is 1250. The third-order valence-corrected chi connectivity index (χ3v) is 6.25. The topological polar surface area (TPSA) is 110 Å². The van der Waals surface area contributed by atoms with Gasteiger partial charge in [-0.1, -0.05) is 30.3 Å². The molecule has 10 heteroatoms. The highest BCUT2D eigenvalue weighted by Crippen LogP contribution is 2.36. The van der Waals surface area contributed by atoms with E-state index in [0.717, 1.165) is 22.2 Å². The lowest BCUT2D eigenvalue weighted by molar-refractivity contribution is -0.759. The summed E-state index contributed by atoms with van der Waals surface area (Å²) in [5.41, 5.74) is 9.62. The van der Waals surface area contributed by atoms with Crippen molar-refractivity contribution >= 4 is 39.0 Å². The molecule has 1 saturated heterocycles. The van der Waals surface area contributed by atoms with Gasteiger partial charge in [-0.2, -0.15) is 0 Å². The van der Waals surface area contributed by atoms with E-state index in [1.165, 1.54) is 11.3 Å². The third-order valence-electron chi connectivity index (χ3n) is 5.13. The molecule has 5 rings (SSSR count). The molecule has 0 bridgehead atoms. The fourth-order valence-corrected chi connectivity index (χ4v) is 4.52. The lowest BCUT2D eigenvalue weighted by Crippen LogP contribution is -2.62. The van der Waals surface area contributed by atoms with E-state index in [-0.39, 0.29) is 11.8 Å². The van der Waals surface area contributed by atoms with Crippen molar-refractivity contribution in [2.75, 3.05) is 42.4 Å². The molecule has 1 amide bonds. The summed E-state index contributed by atoms with van der Waals surface area (Å²) in [5, 5.41) is 9.44. The molecule has 0 spiro atoms. The maximum atomic E-state index is 12.9. The lowest BCUT2D eigenvalue weighted by Gasteiger charge is -2.18. The number of benzene rings is 1. The zero-order valence-electron chi connectivity index (χ0n) is 16.9. The van der Waals surface area contributed by atoms with Crippen LogP contribution in [0.5, 0.6) is 0 Å². The first-order valence-electron chi connectivity index (χ1n) is 9.88. The predicted octanol–water partition coefficient (Wildman–Crippen LogP) is 2.35. The van der Waals surface area contributed by atoms with Crippen molar-refractivity contribution in [2.24, 2.45) is 0 Å². The van der Waals surface area contributed by atoms with Crippen molar-refractivity contribution in [1.82, 2.24) is 10.3 Å². The molecule has 1 aromatic carbocycles. The molecule has 1 aliphatic rings. The molecule has 9 nitrogen and oxygen atoms in total. The van der Waals surface area contributed by atoms with Gasteiger partial charge in [0.1, 0.15) is 9.71 Å². The van der Waals surface area contributed by atoms with Crippen molar-refractivity contribution in [1.29, 1.82) is 0 Å². The number of pyridine rings is 1. The molecule has 1 aliphatic heterocycles. The summed E-state index contributed by atoms with van der Waals surface area (Å²) in [6, 6.07) is 11.9. The second-order valence-corrected chi connectivity index (χ2v) is 8.22. The number of aryl methyl sites for hydroxylation is 1. The van der Waals surface area contributed by atoms with E-state index in [9.17, 15) is 4.79 Å². The molecule has 0 atom stereocenters. The Morgan fingerprint density at radius 1 is 1.26 bits per heavy atom. The van der Waals surface area contributed by atoms with Gasteiger partial charge in [-0.15, -0.1) is 16.3 Å². The molecule has 31 heavy (non-hydrogen) atoms. The first kappa shape index (κ1) is 19.5. The summed E-state index contributed by atoms with van der Waals surface area (Å²) in [6.07, 6.45) is 1.63. The Balaban J connectivity index is 1.41. The number of nitrogens with two attached hydrogens (primary N) is 1. The monoisotopic (exact) mass is 437 g/mol. The zero-order valence-corrected chi connectivity index (χ0v) is 17.7. The largest absolute Gasteiger partial charge is 0.397 e. The molecule has 0 saturated carbocycles. The first-order valence-corrected chi connectivity index (χ1v) is 10.7. The van der Waals surface area contributed by atoms with Crippen molar-refractivity contribution in [3.63, 3.8) is 0 Å². The number of fused-ring (bicyclic) bond motifs is 1. The zero-order chi connectivity index (χ0) is 21.4. The molecule has 4 aromatic rings. The van der Waals surface area contributed by atoms with Gasteiger partial charge in [0.05, 0.1) is 42.5 Å². The van der Waals surface area contributed by atoms with Crippen LogP contribution >= 0.6 is 11.3 Å². The Kier molecular flexibility index (Phi) is 5.00. The fourth-order valence-electron chi connectivity index (χ4n) is 3.55. The molecule has 4 heterocycles. The van der Waals surface area contributed by atoms with Crippen molar-refractivity contribution in [2.45, 2.75) is 6.92 Å². The van der Waals surface area contributed by atoms with Gasteiger partial charge in [-0.05, 0) is 18.6 Å². The normalized spacial score (nSPS) is 14.2. The van der Waals surface area contributed by atoms with Crippen LogP contribution in [0.4, 0.5) is 11.6 Å². The van der Waals surface area contributed by atoms with Crippen molar-refractivity contribution in [3.05, 3.63) is 53.0 Å². The molecule has 1 fully saturated rings. The Labute approximate surface area is 182 Å². The van der Waals surface area contributed by atoms with E-state index < -0.39 is 0 Å². The van der Waals surface area contributed by atoms with E-state index in [0.29, 0.717) is 41.7 Å².